The van der Waals surface area contributed by atoms with E-state index in [9.17, 15) is 9.59 Å². The zero-order chi connectivity index (χ0) is 15.1. The molecule has 1 rings (SSSR count). The van der Waals surface area contributed by atoms with Crippen molar-refractivity contribution in [3.8, 4) is 5.75 Å². The number of methoxy groups -OCH3 is 1. The molecule has 0 aliphatic carbocycles. The van der Waals surface area contributed by atoms with E-state index >= 15 is 0 Å². The predicted octanol–water partition coefficient (Wildman–Crippen LogP) is 1.92. The highest BCUT2D eigenvalue weighted by Crippen LogP contribution is 2.17. The highest BCUT2D eigenvalue weighted by Gasteiger charge is 2.18. The molecule has 110 valence electrons. The molecule has 1 aromatic rings. The van der Waals surface area contributed by atoms with E-state index in [1.165, 1.54) is 0 Å². The first-order valence-electron chi connectivity index (χ1n) is 6.41. The van der Waals surface area contributed by atoms with E-state index in [1.54, 1.807) is 26.2 Å². The lowest BCUT2D eigenvalue weighted by molar-refractivity contribution is -0.139. The van der Waals surface area contributed by atoms with Crippen LogP contribution in [0.1, 0.15) is 31.9 Å². The molecule has 0 fully saturated rings. The summed E-state index contributed by atoms with van der Waals surface area (Å²) in [6.45, 7) is 3.52. The van der Waals surface area contributed by atoms with Gasteiger partial charge in [0.25, 0.3) is 0 Å². The van der Waals surface area contributed by atoms with Gasteiger partial charge in [0.1, 0.15) is 11.8 Å². The number of carbonyl (C=O) groups is 2. The number of nitrogens with one attached hydrogen (secondary N) is 2. The number of aliphatic carboxylic acids is 1. The summed E-state index contributed by atoms with van der Waals surface area (Å²) >= 11 is 0. The van der Waals surface area contributed by atoms with Crippen molar-refractivity contribution in [2.75, 3.05) is 7.11 Å². The van der Waals surface area contributed by atoms with Crippen molar-refractivity contribution in [1.29, 1.82) is 0 Å². The van der Waals surface area contributed by atoms with Crippen molar-refractivity contribution < 1.29 is 19.4 Å². The van der Waals surface area contributed by atoms with Crippen LogP contribution in [0.3, 0.4) is 0 Å². The molecule has 0 aromatic heterocycles. The number of urea groups is 1. The topological polar surface area (TPSA) is 87.7 Å². The Morgan fingerprint density at radius 2 is 1.85 bits per heavy atom. The van der Waals surface area contributed by atoms with Crippen LogP contribution < -0.4 is 15.4 Å². The first kappa shape index (κ1) is 15.8. The smallest absolute Gasteiger partial charge is 0.326 e. The third kappa shape index (κ3) is 4.46. The minimum atomic E-state index is -1.04. The fourth-order valence-corrected chi connectivity index (χ4v) is 1.71. The van der Waals surface area contributed by atoms with E-state index in [-0.39, 0.29) is 6.04 Å². The first-order chi connectivity index (χ1) is 9.47. The minimum Gasteiger partial charge on any atom is -0.497 e. The molecule has 0 radical (unpaired) electrons. The molecule has 0 aliphatic heterocycles. The number of carboxylic acid groups (broad SMARTS) is 1. The first-order valence-corrected chi connectivity index (χ1v) is 6.41. The molecule has 0 saturated heterocycles. The van der Waals surface area contributed by atoms with Gasteiger partial charge in [0.15, 0.2) is 0 Å². The van der Waals surface area contributed by atoms with Crippen molar-refractivity contribution in [2.45, 2.75) is 32.4 Å². The molecule has 3 N–H and O–H groups in total. The van der Waals surface area contributed by atoms with E-state index in [1.807, 2.05) is 19.1 Å². The van der Waals surface area contributed by atoms with Gasteiger partial charge in [-0.05, 0) is 31.0 Å². The highest BCUT2D eigenvalue weighted by molar-refractivity contribution is 5.82. The standard InChI is InChI=1S/C14H20N2O4/c1-4-12(13(17)18)16-14(19)15-9(2)10-5-7-11(20-3)8-6-10/h5-9,12H,4H2,1-3H3,(H,17,18)(H2,15,16,19)/t9?,12-/m1/s1. The van der Waals surface area contributed by atoms with Crippen molar-refractivity contribution in [2.24, 2.45) is 0 Å². The molecular formula is C14H20N2O4. The van der Waals surface area contributed by atoms with Gasteiger partial charge in [-0.1, -0.05) is 19.1 Å². The molecule has 20 heavy (non-hydrogen) atoms. The Bertz CT molecular complexity index is 459. The summed E-state index contributed by atoms with van der Waals surface area (Å²) in [6, 6.07) is 5.69. The number of rotatable bonds is 6. The van der Waals surface area contributed by atoms with E-state index in [0.29, 0.717) is 6.42 Å². The molecule has 0 bridgehead atoms. The van der Waals surface area contributed by atoms with E-state index in [0.717, 1.165) is 11.3 Å². The summed E-state index contributed by atoms with van der Waals surface area (Å²) in [5.74, 6) is -0.304. The summed E-state index contributed by atoms with van der Waals surface area (Å²) in [4.78, 5) is 22.5. The van der Waals surface area contributed by atoms with Crippen LogP contribution in [0.5, 0.6) is 5.75 Å². The molecule has 0 heterocycles. The number of carbonyl (C=O) groups excluding carboxylic acids is 1. The van der Waals surface area contributed by atoms with Gasteiger partial charge in [-0.2, -0.15) is 0 Å². The van der Waals surface area contributed by atoms with Gasteiger partial charge < -0.3 is 20.5 Å². The number of hydrogen-bond donors (Lipinski definition) is 3. The van der Waals surface area contributed by atoms with Gasteiger partial charge in [-0.3, -0.25) is 0 Å². The number of ether oxygens (including phenoxy) is 1. The zero-order valence-corrected chi connectivity index (χ0v) is 11.8. The lowest BCUT2D eigenvalue weighted by atomic mass is 10.1. The van der Waals surface area contributed by atoms with Gasteiger partial charge >= 0.3 is 12.0 Å². The summed E-state index contributed by atoms with van der Waals surface area (Å²) in [6.07, 6.45) is 0.333. The second kappa shape index (κ2) is 7.37. The Morgan fingerprint density at radius 3 is 2.30 bits per heavy atom. The molecule has 0 aliphatic rings. The number of carboxylic acids is 1. The summed E-state index contributed by atoms with van der Waals surface area (Å²) in [5, 5.41) is 14.0. The average molecular weight is 280 g/mol. The maximum atomic E-state index is 11.7. The van der Waals surface area contributed by atoms with Crippen LogP contribution in [0.15, 0.2) is 24.3 Å². The maximum Gasteiger partial charge on any atom is 0.326 e. The largest absolute Gasteiger partial charge is 0.497 e. The lowest BCUT2D eigenvalue weighted by Gasteiger charge is -2.18. The highest BCUT2D eigenvalue weighted by atomic mass is 16.5. The normalized spacial score (nSPS) is 13.2. The number of hydrogen-bond acceptors (Lipinski definition) is 3. The molecule has 2 atom stereocenters. The monoisotopic (exact) mass is 280 g/mol. The lowest BCUT2D eigenvalue weighted by Crippen LogP contribution is -2.46. The Hall–Kier alpha value is -2.24. The van der Waals surface area contributed by atoms with Crippen LogP contribution in [-0.2, 0) is 4.79 Å². The molecule has 1 unspecified atom stereocenters. The maximum absolute atomic E-state index is 11.7. The molecule has 2 amide bonds. The van der Waals surface area contributed by atoms with Crippen LogP contribution in [0.25, 0.3) is 0 Å². The second-order valence-electron chi connectivity index (χ2n) is 4.41. The second-order valence-corrected chi connectivity index (χ2v) is 4.41. The number of amides is 2. The molecule has 0 saturated carbocycles. The molecule has 6 nitrogen and oxygen atoms in total. The van der Waals surface area contributed by atoms with E-state index in [4.69, 9.17) is 9.84 Å². The van der Waals surface area contributed by atoms with Crippen LogP contribution in [0, 0.1) is 0 Å². The van der Waals surface area contributed by atoms with Crippen LogP contribution >= 0.6 is 0 Å². The van der Waals surface area contributed by atoms with Crippen molar-refractivity contribution in [3.63, 3.8) is 0 Å². The Morgan fingerprint density at radius 1 is 1.25 bits per heavy atom. The summed E-state index contributed by atoms with van der Waals surface area (Å²) < 4.78 is 5.06. The van der Waals surface area contributed by atoms with Crippen LogP contribution in [0.4, 0.5) is 4.79 Å². The minimum absolute atomic E-state index is 0.229. The Labute approximate surface area is 118 Å². The van der Waals surface area contributed by atoms with Crippen molar-refractivity contribution >= 4 is 12.0 Å². The van der Waals surface area contributed by atoms with Gasteiger partial charge in [0.05, 0.1) is 13.2 Å². The average Bonchev–Trinajstić information content (AvgIpc) is 2.44. The number of benzene rings is 1. The predicted molar refractivity (Wildman–Crippen MR) is 74.8 cm³/mol. The molecule has 0 spiro atoms. The van der Waals surface area contributed by atoms with Gasteiger partial charge in [0, 0.05) is 0 Å². The third-order valence-corrected chi connectivity index (χ3v) is 2.98. The Kier molecular flexibility index (Phi) is 5.83. The van der Waals surface area contributed by atoms with Gasteiger partial charge in [-0.15, -0.1) is 0 Å². The van der Waals surface area contributed by atoms with Gasteiger partial charge in [-0.25, -0.2) is 9.59 Å². The van der Waals surface area contributed by atoms with E-state index in [2.05, 4.69) is 10.6 Å². The fourth-order valence-electron chi connectivity index (χ4n) is 1.71. The van der Waals surface area contributed by atoms with E-state index < -0.39 is 18.0 Å². The zero-order valence-electron chi connectivity index (χ0n) is 11.8. The van der Waals surface area contributed by atoms with Crippen LogP contribution in [-0.4, -0.2) is 30.3 Å². The fraction of sp³-hybridized carbons (Fsp3) is 0.429. The van der Waals surface area contributed by atoms with Crippen molar-refractivity contribution in [3.05, 3.63) is 29.8 Å². The quantitative estimate of drug-likeness (QED) is 0.743. The molecule has 1 aromatic carbocycles. The SMILES string of the molecule is CC[C@@H](NC(=O)NC(C)c1ccc(OC)cc1)C(=O)O. The molecule has 6 heteroatoms. The van der Waals surface area contributed by atoms with Crippen LogP contribution in [0.2, 0.25) is 0 Å². The third-order valence-electron chi connectivity index (χ3n) is 2.98. The summed E-state index contributed by atoms with van der Waals surface area (Å²) in [7, 11) is 1.58. The Balaban J connectivity index is 2.58. The summed E-state index contributed by atoms with van der Waals surface area (Å²) in [5.41, 5.74) is 0.907. The van der Waals surface area contributed by atoms with Crippen molar-refractivity contribution in [1.82, 2.24) is 10.6 Å². The van der Waals surface area contributed by atoms with Gasteiger partial charge in [0.2, 0.25) is 0 Å². The molecular weight excluding hydrogens is 260 g/mol.